The van der Waals surface area contributed by atoms with Crippen molar-refractivity contribution in [1.29, 1.82) is 0 Å². The molecule has 1 amide bonds. The van der Waals surface area contributed by atoms with E-state index in [1.807, 2.05) is 0 Å². The highest BCUT2D eigenvalue weighted by Crippen LogP contribution is 2.27. The van der Waals surface area contributed by atoms with Crippen molar-refractivity contribution in [2.24, 2.45) is 0 Å². The van der Waals surface area contributed by atoms with E-state index >= 15 is 0 Å². The minimum Gasteiger partial charge on any atom is -0.495 e. The van der Waals surface area contributed by atoms with Crippen molar-refractivity contribution in [3.8, 4) is 22.9 Å². The zero-order chi connectivity index (χ0) is 20.1. The van der Waals surface area contributed by atoms with Crippen LogP contribution >= 0.6 is 0 Å². The lowest BCUT2D eigenvalue weighted by Crippen LogP contribution is -2.26. The molecule has 0 bridgehead atoms. The molecule has 0 saturated carbocycles. The molecule has 8 nitrogen and oxygen atoms in total. The van der Waals surface area contributed by atoms with Crippen LogP contribution in [0, 0.1) is 0 Å². The van der Waals surface area contributed by atoms with Crippen LogP contribution in [0.1, 0.15) is 10.4 Å². The molecule has 1 heterocycles. The van der Waals surface area contributed by atoms with Gasteiger partial charge in [0.2, 0.25) is 0 Å². The summed E-state index contributed by atoms with van der Waals surface area (Å²) in [6.07, 6.45) is 2.93. The van der Waals surface area contributed by atoms with Crippen molar-refractivity contribution in [3.05, 3.63) is 70.8 Å². The van der Waals surface area contributed by atoms with Gasteiger partial charge in [-0.05, 0) is 30.3 Å². The normalized spacial score (nSPS) is 10.2. The van der Waals surface area contributed by atoms with Crippen molar-refractivity contribution in [3.63, 3.8) is 0 Å². The second-order valence-corrected chi connectivity index (χ2v) is 5.65. The first-order chi connectivity index (χ1) is 13.6. The molecular formula is C20H19N3O5. The maximum atomic E-state index is 12.8. The van der Waals surface area contributed by atoms with Crippen molar-refractivity contribution in [2.45, 2.75) is 0 Å². The number of amides is 1. The molecule has 8 heteroatoms. The standard InChI is InChI=1S/C20H19N3O5/c1-26-15-7-5-4-6-14(15)23-11-10-21-18(20(23)25)22-19(24)13-8-9-16(27-2)17(12-13)28-3/h4-12H,1-3H3,(H,21,22,24). The van der Waals surface area contributed by atoms with E-state index < -0.39 is 11.5 Å². The van der Waals surface area contributed by atoms with Crippen LogP contribution in [0.15, 0.2) is 59.7 Å². The largest absolute Gasteiger partial charge is 0.495 e. The van der Waals surface area contributed by atoms with Gasteiger partial charge in [-0.1, -0.05) is 12.1 Å². The number of carbonyl (C=O) groups excluding carboxylic acids is 1. The Hall–Kier alpha value is -3.81. The maximum absolute atomic E-state index is 12.8. The lowest BCUT2D eigenvalue weighted by molar-refractivity contribution is 0.102. The molecular weight excluding hydrogens is 362 g/mol. The smallest absolute Gasteiger partial charge is 0.298 e. The average molecular weight is 381 g/mol. The van der Waals surface area contributed by atoms with E-state index in [1.54, 1.807) is 36.4 Å². The van der Waals surface area contributed by atoms with Crippen molar-refractivity contribution in [2.75, 3.05) is 26.6 Å². The molecule has 2 aromatic carbocycles. The number of aromatic nitrogens is 2. The van der Waals surface area contributed by atoms with E-state index in [-0.39, 0.29) is 5.82 Å². The highest BCUT2D eigenvalue weighted by molar-refractivity contribution is 6.04. The Morgan fingerprint density at radius 1 is 0.964 bits per heavy atom. The molecule has 28 heavy (non-hydrogen) atoms. The number of anilines is 1. The first-order valence-electron chi connectivity index (χ1n) is 8.33. The number of ether oxygens (including phenoxy) is 3. The second-order valence-electron chi connectivity index (χ2n) is 5.65. The Kier molecular flexibility index (Phi) is 5.59. The van der Waals surface area contributed by atoms with Gasteiger partial charge in [0, 0.05) is 18.0 Å². The lowest BCUT2D eigenvalue weighted by Gasteiger charge is -2.12. The van der Waals surface area contributed by atoms with E-state index in [0.29, 0.717) is 28.5 Å². The van der Waals surface area contributed by atoms with Gasteiger partial charge in [-0.25, -0.2) is 4.98 Å². The van der Waals surface area contributed by atoms with Gasteiger partial charge in [0.25, 0.3) is 11.5 Å². The number of hydrogen-bond donors (Lipinski definition) is 1. The number of nitrogens with one attached hydrogen (secondary N) is 1. The third-order valence-electron chi connectivity index (χ3n) is 4.06. The van der Waals surface area contributed by atoms with E-state index in [1.165, 1.54) is 44.4 Å². The minimum atomic E-state index is -0.497. The maximum Gasteiger partial charge on any atom is 0.298 e. The second kappa shape index (κ2) is 8.26. The first-order valence-corrected chi connectivity index (χ1v) is 8.33. The van der Waals surface area contributed by atoms with E-state index in [2.05, 4.69) is 10.3 Å². The predicted molar refractivity (Wildman–Crippen MR) is 104 cm³/mol. The molecule has 3 rings (SSSR count). The van der Waals surface area contributed by atoms with Crippen molar-refractivity contribution >= 4 is 11.7 Å². The molecule has 0 aliphatic carbocycles. The van der Waals surface area contributed by atoms with Gasteiger partial charge >= 0.3 is 0 Å². The van der Waals surface area contributed by atoms with Gasteiger partial charge in [-0.2, -0.15) is 0 Å². The Balaban J connectivity index is 1.94. The molecule has 0 saturated heterocycles. The lowest BCUT2D eigenvalue weighted by atomic mass is 10.2. The quantitative estimate of drug-likeness (QED) is 0.705. The fourth-order valence-electron chi connectivity index (χ4n) is 2.67. The van der Waals surface area contributed by atoms with Crippen LogP contribution < -0.4 is 25.1 Å². The summed E-state index contributed by atoms with van der Waals surface area (Å²) in [6, 6.07) is 11.8. The van der Waals surface area contributed by atoms with E-state index in [0.717, 1.165) is 0 Å². The third-order valence-corrected chi connectivity index (χ3v) is 4.06. The average Bonchev–Trinajstić information content (AvgIpc) is 2.74. The van der Waals surface area contributed by atoms with Gasteiger partial charge < -0.3 is 19.5 Å². The van der Waals surface area contributed by atoms with Gasteiger partial charge in [-0.3, -0.25) is 14.2 Å². The van der Waals surface area contributed by atoms with Crippen LogP contribution in [0.25, 0.3) is 5.69 Å². The Morgan fingerprint density at radius 2 is 1.68 bits per heavy atom. The van der Waals surface area contributed by atoms with Gasteiger partial charge in [-0.15, -0.1) is 0 Å². The zero-order valence-electron chi connectivity index (χ0n) is 15.6. The summed E-state index contributed by atoms with van der Waals surface area (Å²) >= 11 is 0. The summed E-state index contributed by atoms with van der Waals surface area (Å²) in [5.74, 6) is 0.822. The summed E-state index contributed by atoms with van der Waals surface area (Å²) in [6.45, 7) is 0. The summed E-state index contributed by atoms with van der Waals surface area (Å²) < 4.78 is 17.0. The molecule has 1 N–H and O–H groups in total. The molecule has 0 unspecified atom stereocenters. The number of rotatable bonds is 6. The SMILES string of the molecule is COc1ccc(C(=O)Nc2nccn(-c3ccccc3OC)c2=O)cc1OC. The fourth-order valence-corrected chi connectivity index (χ4v) is 2.67. The fraction of sp³-hybridized carbons (Fsp3) is 0.150. The van der Waals surface area contributed by atoms with E-state index in [4.69, 9.17) is 14.2 Å². The van der Waals surface area contributed by atoms with Gasteiger partial charge in [0.05, 0.1) is 27.0 Å². The number of para-hydroxylation sites is 2. The Labute approximate surface area is 161 Å². The highest BCUT2D eigenvalue weighted by Gasteiger charge is 2.15. The Morgan fingerprint density at radius 3 is 2.39 bits per heavy atom. The third kappa shape index (κ3) is 3.66. The summed E-state index contributed by atoms with van der Waals surface area (Å²) in [5.41, 5.74) is 0.353. The summed E-state index contributed by atoms with van der Waals surface area (Å²) in [5, 5.41) is 2.54. The molecule has 0 atom stereocenters. The number of carbonyl (C=O) groups is 1. The van der Waals surface area contributed by atoms with Crippen LogP contribution in [0.4, 0.5) is 5.82 Å². The van der Waals surface area contributed by atoms with Crippen molar-refractivity contribution < 1.29 is 19.0 Å². The summed E-state index contributed by atoms with van der Waals surface area (Å²) in [4.78, 5) is 29.4. The first kappa shape index (κ1) is 19.0. The highest BCUT2D eigenvalue weighted by atomic mass is 16.5. The van der Waals surface area contributed by atoms with Gasteiger partial charge in [0.15, 0.2) is 17.3 Å². The number of nitrogens with zero attached hydrogens (tertiary/aromatic N) is 2. The molecule has 0 spiro atoms. The Bertz CT molecular complexity index is 1060. The van der Waals surface area contributed by atoms with Crippen LogP contribution in [0.3, 0.4) is 0 Å². The molecule has 0 radical (unpaired) electrons. The minimum absolute atomic E-state index is 0.104. The van der Waals surface area contributed by atoms with Crippen LogP contribution in [0.2, 0.25) is 0 Å². The topological polar surface area (TPSA) is 91.7 Å². The molecule has 0 aliphatic rings. The number of benzene rings is 2. The van der Waals surface area contributed by atoms with Crippen LogP contribution in [0.5, 0.6) is 17.2 Å². The zero-order valence-corrected chi connectivity index (χ0v) is 15.6. The summed E-state index contributed by atoms with van der Waals surface area (Å²) in [7, 11) is 4.50. The molecule has 1 aromatic heterocycles. The van der Waals surface area contributed by atoms with Gasteiger partial charge in [0.1, 0.15) is 5.75 Å². The monoisotopic (exact) mass is 381 g/mol. The number of hydrogen-bond acceptors (Lipinski definition) is 6. The molecule has 3 aromatic rings. The van der Waals surface area contributed by atoms with E-state index in [9.17, 15) is 9.59 Å². The molecule has 0 aliphatic heterocycles. The van der Waals surface area contributed by atoms with Crippen molar-refractivity contribution in [1.82, 2.24) is 9.55 Å². The predicted octanol–water partition coefficient (Wildman–Crippen LogP) is 2.51. The van der Waals surface area contributed by atoms with Crippen LogP contribution in [-0.4, -0.2) is 36.8 Å². The molecule has 0 fully saturated rings. The molecule has 144 valence electrons. The number of methoxy groups -OCH3 is 3. The van der Waals surface area contributed by atoms with Crippen LogP contribution in [-0.2, 0) is 0 Å².